The average Bonchev–Trinajstić information content (AvgIpc) is 1.81. The topological polar surface area (TPSA) is 0 Å². The molecule has 0 bridgehead atoms. The zero-order valence-corrected chi connectivity index (χ0v) is 10.0. The Balaban J connectivity index is 4.46. The fourth-order valence-electron chi connectivity index (χ4n) is 0.0510. The summed E-state index contributed by atoms with van der Waals surface area (Å²) in [4.78, 5) is 0. The molecule has 0 atom stereocenters. The SMILES string of the molecule is S=PP=S=S=S=S=S. The van der Waals surface area contributed by atoms with Crippen molar-refractivity contribution >= 4 is 73.2 Å². The lowest BCUT2D eigenvalue weighted by Crippen LogP contribution is -1.26. The summed E-state index contributed by atoms with van der Waals surface area (Å²) in [5.41, 5.74) is 0. The molecule has 0 spiro atoms. The first kappa shape index (κ1) is 9.92. The maximum Gasteiger partial charge on any atom is 0.0470 e. The molecule has 0 fully saturated rings. The first-order valence-electron chi connectivity index (χ1n) is 1.23. The molecule has 0 saturated heterocycles. The molecule has 0 aliphatic rings. The Bertz CT molecular complexity index is 215. The smallest absolute Gasteiger partial charge is 0.0464 e. The van der Waals surface area contributed by atoms with Crippen molar-refractivity contribution in [3.63, 3.8) is 0 Å². The lowest BCUT2D eigenvalue weighted by atomic mass is 29.7. The van der Waals surface area contributed by atoms with Gasteiger partial charge in [-0.15, -0.1) is 0 Å². The summed E-state index contributed by atoms with van der Waals surface area (Å²) in [6, 6.07) is 0. The number of hydrogen-bond acceptors (Lipinski definition) is 2. The van der Waals surface area contributed by atoms with E-state index in [0.717, 1.165) is 7.04 Å². The Kier molecular flexibility index (Phi) is 11.1. The normalized spacial score (nSPS) is 8.50. The summed E-state index contributed by atoms with van der Waals surface area (Å²) < 4.78 is 0. The monoisotopic (exact) mass is 254 g/mol. The highest BCUT2D eigenvalue weighted by Gasteiger charge is 1.47. The molecule has 8 heteroatoms. The molecule has 0 amide bonds. The summed E-state index contributed by atoms with van der Waals surface area (Å²) in [6.07, 6.45) is 0. The Labute approximate surface area is 72.5 Å². The van der Waals surface area contributed by atoms with Gasteiger partial charge in [-0.05, 0) is 59.1 Å². The minimum Gasteiger partial charge on any atom is -0.0464 e. The fourth-order valence-corrected chi connectivity index (χ4v) is 12.4. The average molecular weight is 254 g/mol. The summed E-state index contributed by atoms with van der Waals surface area (Å²) in [6.45, 7) is 0. The minimum atomic E-state index is 1.00. The van der Waals surface area contributed by atoms with Crippen molar-refractivity contribution in [2.45, 2.75) is 0 Å². The number of rotatable bonds is 1. The zero-order chi connectivity index (χ0) is 6.24. The lowest BCUT2D eigenvalue weighted by molar-refractivity contribution is 5.60. The Morgan fingerprint density at radius 3 is 2.50 bits per heavy atom. The molecular weight excluding hydrogens is 254 g/mol. The largest absolute Gasteiger partial charge is 0.0470 e. The Morgan fingerprint density at radius 2 is 2.00 bits per heavy atom. The van der Waals surface area contributed by atoms with Gasteiger partial charge in [0.1, 0.15) is 0 Å². The van der Waals surface area contributed by atoms with Crippen molar-refractivity contribution < 1.29 is 0 Å². The molecule has 46 valence electrons. The van der Waals surface area contributed by atoms with Gasteiger partial charge in [-0.1, -0.05) is 0 Å². The van der Waals surface area contributed by atoms with Crippen LogP contribution in [0.3, 0.4) is 0 Å². The molecule has 0 aliphatic carbocycles. The summed E-state index contributed by atoms with van der Waals surface area (Å²) in [5.74, 6) is 0. The molecule has 0 aromatic carbocycles. The van der Waals surface area contributed by atoms with Crippen LogP contribution in [0.4, 0.5) is 0 Å². The van der Waals surface area contributed by atoms with Crippen molar-refractivity contribution in [2.75, 3.05) is 0 Å². The van der Waals surface area contributed by atoms with Gasteiger partial charge >= 0.3 is 0 Å². The van der Waals surface area contributed by atoms with Crippen molar-refractivity contribution in [1.29, 1.82) is 0 Å². The second-order valence-corrected chi connectivity index (χ2v) is 11.9. The second-order valence-electron chi connectivity index (χ2n) is 0.442. The molecule has 0 radical (unpaired) electrons. The van der Waals surface area contributed by atoms with E-state index in [-0.39, 0.29) is 0 Å². The third-order valence-corrected chi connectivity index (χ3v) is 12.4. The van der Waals surface area contributed by atoms with Crippen molar-refractivity contribution in [1.82, 2.24) is 0 Å². The van der Waals surface area contributed by atoms with Crippen LogP contribution in [0.2, 0.25) is 0 Å². The maximum atomic E-state index is 4.69. The molecule has 0 unspecified atom stereocenters. The fraction of sp³-hybridized carbons (Fsp3) is 0. The van der Waals surface area contributed by atoms with Crippen LogP contribution in [0.25, 0.3) is 0 Å². The highest BCUT2D eigenvalue weighted by molar-refractivity contribution is 8.67. The van der Waals surface area contributed by atoms with Crippen LogP contribution in [0, 0.1) is 0 Å². The molecule has 0 N–H and O–H groups in total. The van der Waals surface area contributed by atoms with E-state index in [1.807, 2.05) is 0 Å². The van der Waals surface area contributed by atoms with E-state index < -0.39 is 0 Å². The van der Waals surface area contributed by atoms with Gasteiger partial charge in [-0.25, -0.2) is 0 Å². The van der Waals surface area contributed by atoms with E-state index in [9.17, 15) is 0 Å². The molecular formula is P2S6. The molecule has 0 heterocycles. The van der Waals surface area contributed by atoms with Gasteiger partial charge in [0.15, 0.2) is 0 Å². The predicted octanol–water partition coefficient (Wildman–Crippen LogP) is 1.71. The van der Waals surface area contributed by atoms with E-state index in [4.69, 9.17) is 0 Å². The maximum absolute atomic E-state index is 4.69. The molecule has 0 aromatic heterocycles. The van der Waals surface area contributed by atoms with Crippen LogP contribution in [0.1, 0.15) is 0 Å². The molecule has 0 rings (SSSR count). The van der Waals surface area contributed by atoms with Crippen LogP contribution in [0.5, 0.6) is 0 Å². The second kappa shape index (κ2) is 8.92. The molecule has 0 saturated carbocycles. The summed E-state index contributed by atoms with van der Waals surface area (Å²) in [5, 5.41) is 0. The molecule has 0 aromatic rings. The molecule has 0 nitrogen and oxygen atoms in total. The first-order chi connectivity index (χ1) is 3.91. The van der Waals surface area contributed by atoms with Gasteiger partial charge in [0.05, 0.1) is 0 Å². The lowest BCUT2D eigenvalue weighted by Gasteiger charge is -1.43. The third kappa shape index (κ3) is 7.92. The van der Waals surface area contributed by atoms with Crippen LogP contribution in [0.15, 0.2) is 0 Å². The molecule has 0 aliphatic heterocycles. The van der Waals surface area contributed by atoms with Crippen LogP contribution in [-0.4, -0.2) is 0 Å². The molecule has 8 heavy (non-hydrogen) atoms. The Hall–Kier alpha value is 1.92. The third-order valence-electron chi connectivity index (χ3n) is 0.153. The first-order valence-corrected chi connectivity index (χ1v) is 11.1. The van der Waals surface area contributed by atoms with Gasteiger partial charge in [-0.3, -0.25) is 0 Å². The zero-order valence-electron chi connectivity index (χ0n) is 3.34. The van der Waals surface area contributed by atoms with E-state index in [1.165, 1.54) is 15.9 Å². The predicted molar refractivity (Wildman–Crippen MR) is 58.0 cm³/mol. The number of hydrogen-bond donors (Lipinski definition) is 0. The van der Waals surface area contributed by atoms with E-state index in [2.05, 4.69) is 23.0 Å². The van der Waals surface area contributed by atoms with Gasteiger partial charge in [0.2, 0.25) is 0 Å². The minimum absolute atomic E-state index is 1.00. The van der Waals surface area contributed by atoms with Crippen molar-refractivity contribution in [3.05, 3.63) is 0 Å². The summed E-state index contributed by atoms with van der Waals surface area (Å²) >= 11 is 9.30. The highest BCUT2D eigenvalue weighted by Crippen LogP contribution is 2.12. The van der Waals surface area contributed by atoms with Gasteiger partial charge in [-0.2, -0.15) is 0 Å². The van der Waals surface area contributed by atoms with Gasteiger partial charge < -0.3 is 0 Å². The van der Waals surface area contributed by atoms with Gasteiger partial charge in [0.25, 0.3) is 0 Å². The van der Waals surface area contributed by atoms with Crippen molar-refractivity contribution in [3.8, 4) is 0 Å². The van der Waals surface area contributed by atoms with Gasteiger partial charge in [0, 0.05) is 14.1 Å². The van der Waals surface area contributed by atoms with Crippen LogP contribution < -0.4 is 0 Å². The van der Waals surface area contributed by atoms with E-state index in [0.29, 0.717) is 0 Å². The summed E-state index contributed by atoms with van der Waals surface area (Å²) in [7, 11) is 8.59. The highest BCUT2D eigenvalue weighted by atomic mass is 33.3. The van der Waals surface area contributed by atoms with E-state index in [1.54, 1.807) is 27.3 Å². The van der Waals surface area contributed by atoms with Crippen LogP contribution >= 0.6 is 14.1 Å². The Morgan fingerprint density at radius 1 is 1.25 bits per heavy atom. The van der Waals surface area contributed by atoms with Crippen LogP contribution in [-0.2, 0) is 59.1 Å². The standard InChI is InChI=1S/P2S6/c3-1-2-5-7-8-6-4. The quantitative estimate of drug-likeness (QED) is 0.653. The van der Waals surface area contributed by atoms with E-state index >= 15 is 0 Å². The van der Waals surface area contributed by atoms with Crippen molar-refractivity contribution in [2.24, 2.45) is 0 Å².